The standard InChI is InChI=1S/C11H6Cl2N2O2S2/c12-9-3-1-7(5-10(9)13)15-19(16,17)11-4-2-8(6-14)18-11/h1-5,15H. The van der Waals surface area contributed by atoms with Crippen molar-refractivity contribution < 1.29 is 8.42 Å². The molecule has 1 aromatic heterocycles. The van der Waals surface area contributed by atoms with E-state index in [9.17, 15) is 8.42 Å². The Morgan fingerprint density at radius 1 is 1.16 bits per heavy atom. The average Bonchev–Trinajstić information content (AvgIpc) is 2.83. The minimum atomic E-state index is -3.72. The summed E-state index contributed by atoms with van der Waals surface area (Å²) < 4.78 is 26.5. The highest BCUT2D eigenvalue weighted by Gasteiger charge is 2.17. The number of anilines is 1. The smallest absolute Gasteiger partial charge is 0.271 e. The molecular formula is C11H6Cl2N2O2S2. The number of nitriles is 1. The molecule has 19 heavy (non-hydrogen) atoms. The van der Waals surface area contributed by atoms with E-state index in [-0.39, 0.29) is 9.23 Å². The minimum absolute atomic E-state index is 0.0649. The van der Waals surface area contributed by atoms with E-state index in [0.717, 1.165) is 11.3 Å². The predicted molar refractivity (Wildman–Crippen MR) is 76.3 cm³/mol. The summed E-state index contributed by atoms with van der Waals surface area (Å²) in [5.41, 5.74) is 0.307. The number of rotatable bonds is 3. The highest BCUT2D eigenvalue weighted by molar-refractivity contribution is 7.94. The van der Waals surface area contributed by atoms with Crippen LogP contribution < -0.4 is 4.72 Å². The molecule has 2 rings (SSSR count). The highest BCUT2D eigenvalue weighted by Crippen LogP contribution is 2.28. The second-order valence-corrected chi connectivity index (χ2v) is 7.27. The molecule has 1 N–H and O–H groups in total. The van der Waals surface area contributed by atoms with Gasteiger partial charge in [-0.3, -0.25) is 4.72 Å². The first-order valence-corrected chi connectivity index (χ1v) is 7.96. The molecule has 0 aliphatic carbocycles. The number of nitrogens with zero attached hydrogens (tertiary/aromatic N) is 1. The lowest BCUT2D eigenvalue weighted by Gasteiger charge is -2.06. The summed E-state index contributed by atoms with van der Waals surface area (Å²) in [6.45, 7) is 0. The first-order valence-electron chi connectivity index (χ1n) is 4.90. The van der Waals surface area contributed by atoms with Crippen molar-refractivity contribution in [3.63, 3.8) is 0 Å². The van der Waals surface area contributed by atoms with Gasteiger partial charge in [-0.2, -0.15) is 5.26 Å². The SMILES string of the molecule is N#Cc1ccc(S(=O)(=O)Nc2ccc(Cl)c(Cl)c2)s1. The molecule has 0 aliphatic rings. The van der Waals surface area contributed by atoms with Crippen LogP contribution in [-0.2, 0) is 10.0 Å². The van der Waals surface area contributed by atoms with Crippen LogP contribution in [0, 0.1) is 11.3 Å². The summed E-state index contributed by atoms with van der Waals surface area (Å²) in [5.74, 6) is 0. The average molecular weight is 333 g/mol. The van der Waals surface area contributed by atoms with Crippen LogP contribution in [0.1, 0.15) is 4.88 Å². The van der Waals surface area contributed by atoms with E-state index >= 15 is 0 Å². The third-order valence-corrected chi connectivity index (χ3v) is 5.73. The molecule has 4 nitrogen and oxygen atoms in total. The Labute approximate surface area is 124 Å². The second-order valence-electron chi connectivity index (χ2n) is 3.46. The quantitative estimate of drug-likeness (QED) is 0.930. The molecule has 0 atom stereocenters. The van der Waals surface area contributed by atoms with E-state index in [4.69, 9.17) is 28.5 Å². The number of halogens is 2. The fourth-order valence-corrected chi connectivity index (χ4v) is 3.74. The summed E-state index contributed by atoms with van der Waals surface area (Å²) in [6.07, 6.45) is 0. The van der Waals surface area contributed by atoms with E-state index < -0.39 is 10.0 Å². The summed E-state index contributed by atoms with van der Waals surface area (Å²) >= 11 is 12.5. The van der Waals surface area contributed by atoms with Gasteiger partial charge in [-0.15, -0.1) is 11.3 Å². The molecule has 0 spiro atoms. The molecule has 0 bridgehead atoms. The molecular weight excluding hydrogens is 327 g/mol. The van der Waals surface area contributed by atoms with E-state index in [1.807, 2.05) is 6.07 Å². The molecule has 2 aromatic rings. The van der Waals surface area contributed by atoms with Crippen molar-refractivity contribution in [1.29, 1.82) is 5.26 Å². The van der Waals surface area contributed by atoms with Gasteiger partial charge in [-0.25, -0.2) is 8.42 Å². The number of hydrogen-bond acceptors (Lipinski definition) is 4. The van der Waals surface area contributed by atoms with Crippen molar-refractivity contribution in [3.8, 4) is 6.07 Å². The summed E-state index contributed by atoms with van der Waals surface area (Å²) in [4.78, 5) is 0.328. The Kier molecular flexibility index (Phi) is 4.02. The van der Waals surface area contributed by atoms with Gasteiger partial charge in [0.2, 0.25) is 0 Å². The summed E-state index contributed by atoms with van der Waals surface area (Å²) in [5, 5.41) is 9.28. The third-order valence-electron chi connectivity index (χ3n) is 2.13. The van der Waals surface area contributed by atoms with Gasteiger partial charge in [-0.1, -0.05) is 23.2 Å². The molecule has 0 radical (unpaired) electrons. The Hall–Kier alpha value is -1.26. The van der Waals surface area contributed by atoms with Crippen LogP contribution >= 0.6 is 34.5 Å². The van der Waals surface area contributed by atoms with Crippen molar-refractivity contribution in [2.75, 3.05) is 4.72 Å². The number of hydrogen-bond donors (Lipinski definition) is 1. The van der Waals surface area contributed by atoms with Crippen LogP contribution in [0.4, 0.5) is 5.69 Å². The van der Waals surface area contributed by atoms with Crippen LogP contribution in [0.5, 0.6) is 0 Å². The molecule has 1 aromatic carbocycles. The number of sulfonamides is 1. The molecule has 0 unspecified atom stereocenters. The fraction of sp³-hybridized carbons (Fsp3) is 0. The maximum atomic E-state index is 12.0. The maximum absolute atomic E-state index is 12.0. The van der Waals surface area contributed by atoms with Crippen molar-refractivity contribution >= 4 is 50.2 Å². The lowest BCUT2D eigenvalue weighted by atomic mass is 10.3. The van der Waals surface area contributed by atoms with E-state index in [1.165, 1.54) is 30.3 Å². The lowest BCUT2D eigenvalue weighted by molar-refractivity contribution is 0.603. The molecule has 0 saturated heterocycles. The molecule has 8 heteroatoms. The Balaban J connectivity index is 2.31. The van der Waals surface area contributed by atoms with Gasteiger partial charge >= 0.3 is 0 Å². The lowest BCUT2D eigenvalue weighted by Crippen LogP contribution is -2.11. The molecule has 98 valence electrons. The van der Waals surface area contributed by atoms with Gasteiger partial charge in [0, 0.05) is 0 Å². The minimum Gasteiger partial charge on any atom is -0.279 e. The Morgan fingerprint density at radius 2 is 1.89 bits per heavy atom. The van der Waals surface area contributed by atoms with Crippen molar-refractivity contribution in [1.82, 2.24) is 0 Å². The topological polar surface area (TPSA) is 70.0 Å². The highest BCUT2D eigenvalue weighted by atomic mass is 35.5. The first-order chi connectivity index (χ1) is 8.92. The maximum Gasteiger partial charge on any atom is 0.271 e. The second kappa shape index (κ2) is 5.39. The molecule has 1 heterocycles. The zero-order valence-corrected chi connectivity index (χ0v) is 12.4. The molecule has 0 aliphatic heterocycles. The predicted octanol–water partition coefficient (Wildman–Crippen LogP) is 3.73. The van der Waals surface area contributed by atoms with E-state index in [2.05, 4.69) is 4.72 Å². The normalized spacial score (nSPS) is 11.0. The number of benzene rings is 1. The van der Waals surface area contributed by atoms with Gasteiger partial charge in [0.05, 0.1) is 15.7 Å². The van der Waals surface area contributed by atoms with Crippen LogP contribution in [-0.4, -0.2) is 8.42 Å². The first kappa shape index (κ1) is 14.2. The van der Waals surface area contributed by atoms with Crippen molar-refractivity contribution in [2.45, 2.75) is 4.21 Å². The van der Waals surface area contributed by atoms with Gasteiger partial charge in [0.15, 0.2) is 0 Å². The molecule has 0 amide bonds. The summed E-state index contributed by atoms with van der Waals surface area (Å²) in [7, 11) is -3.72. The number of thiophene rings is 1. The zero-order valence-electron chi connectivity index (χ0n) is 9.22. The Morgan fingerprint density at radius 3 is 2.47 bits per heavy atom. The van der Waals surface area contributed by atoms with Crippen LogP contribution in [0.15, 0.2) is 34.5 Å². The van der Waals surface area contributed by atoms with Crippen LogP contribution in [0.3, 0.4) is 0 Å². The van der Waals surface area contributed by atoms with E-state index in [1.54, 1.807) is 0 Å². The largest absolute Gasteiger partial charge is 0.279 e. The monoisotopic (exact) mass is 332 g/mol. The van der Waals surface area contributed by atoms with E-state index in [0.29, 0.717) is 15.6 Å². The van der Waals surface area contributed by atoms with Crippen LogP contribution in [0.25, 0.3) is 0 Å². The van der Waals surface area contributed by atoms with Crippen molar-refractivity contribution in [2.24, 2.45) is 0 Å². The van der Waals surface area contributed by atoms with Gasteiger partial charge < -0.3 is 0 Å². The third kappa shape index (κ3) is 3.19. The fourth-order valence-electron chi connectivity index (χ4n) is 1.29. The molecule has 0 saturated carbocycles. The van der Waals surface area contributed by atoms with Gasteiger partial charge in [-0.05, 0) is 30.3 Å². The summed E-state index contributed by atoms with van der Waals surface area (Å²) in [6, 6.07) is 9.14. The van der Waals surface area contributed by atoms with Gasteiger partial charge in [0.25, 0.3) is 10.0 Å². The Bertz CT molecular complexity index is 763. The van der Waals surface area contributed by atoms with Crippen molar-refractivity contribution in [3.05, 3.63) is 45.3 Å². The molecule has 0 fully saturated rings. The zero-order chi connectivity index (χ0) is 14.0. The number of nitrogens with one attached hydrogen (secondary N) is 1. The van der Waals surface area contributed by atoms with Gasteiger partial charge in [0.1, 0.15) is 15.2 Å². The van der Waals surface area contributed by atoms with Crippen LogP contribution in [0.2, 0.25) is 10.0 Å².